The number of thiophene rings is 1. The van der Waals surface area contributed by atoms with Gasteiger partial charge in [-0.25, -0.2) is 9.94 Å². The fourth-order valence-corrected chi connectivity index (χ4v) is 2.96. The van der Waals surface area contributed by atoms with E-state index in [9.17, 15) is 0 Å². The predicted octanol–water partition coefficient (Wildman–Crippen LogP) is 2.26. The third-order valence-electron chi connectivity index (χ3n) is 3.14. The first-order valence-corrected chi connectivity index (χ1v) is 6.61. The van der Waals surface area contributed by atoms with Crippen molar-refractivity contribution >= 4 is 16.9 Å². The SMILES string of the molecule is Cc1sccc1C(NN)c1cnn2ccccc12. The molecule has 3 aromatic heterocycles. The molecule has 3 aromatic rings. The van der Waals surface area contributed by atoms with Crippen LogP contribution in [0.15, 0.2) is 42.0 Å². The highest BCUT2D eigenvalue weighted by atomic mass is 32.1. The van der Waals surface area contributed by atoms with Crippen molar-refractivity contribution in [3.05, 3.63) is 58.0 Å². The Morgan fingerprint density at radius 1 is 1.33 bits per heavy atom. The normalized spacial score (nSPS) is 13.0. The lowest BCUT2D eigenvalue weighted by molar-refractivity contribution is 0.640. The van der Waals surface area contributed by atoms with Gasteiger partial charge in [0, 0.05) is 16.6 Å². The van der Waals surface area contributed by atoms with Gasteiger partial charge in [0.05, 0.1) is 17.8 Å². The molecular weight excluding hydrogens is 244 g/mol. The molecule has 3 heterocycles. The van der Waals surface area contributed by atoms with Gasteiger partial charge in [-0.15, -0.1) is 11.3 Å². The van der Waals surface area contributed by atoms with E-state index in [1.54, 1.807) is 11.3 Å². The molecule has 0 aliphatic rings. The molecule has 4 nitrogen and oxygen atoms in total. The second kappa shape index (κ2) is 4.53. The first-order valence-electron chi connectivity index (χ1n) is 5.73. The zero-order chi connectivity index (χ0) is 12.5. The van der Waals surface area contributed by atoms with Crippen LogP contribution in [-0.4, -0.2) is 9.61 Å². The Morgan fingerprint density at radius 3 is 2.94 bits per heavy atom. The Hall–Kier alpha value is -1.69. The highest BCUT2D eigenvalue weighted by Gasteiger charge is 2.19. The number of aromatic nitrogens is 2. The van der Waals surface area contributed by atoms with Crippen molar-refractivity contribution in [2.24, 2.45) is 5.84 Å². The number of pyridine rings is 1. The van der Waals surface area contributed by atoms with E-state index in [0.717, 1.165) is 11.1 Å². The number of fused-ring (bicyclic) bond motifs is 1. The van der Waals surface area contributed by atoms with Crippen LogP contribution in [0.5, 0.6) is 0 Å². The zero-order valence-corrected chi connectivity index (χ0v) is 10.8. The maximum atomic E-state index is 5.73. The van der Waals surface area contributed by atoms with Crippen molar-refractivity contribution in [1.82, 2.24) is 15.0 Å². The molecule has 1 unspecified atom stereocenters. The molecule has 5 heteroatoms. The van der Waals surface area contributed by atoms with Crippen molar-refractivity contribution in [3.8, 4) is 0 Å². The first-order chi connectivity index (χ1) is 8.81. The summed E-state index contributed by atoms with van der Waals surface area (Å²) in [5.74, 6) is 5.73. The molecular formula is C13H14N4S. The minimum atomic E-state index is -0.0175. The van der Waals surface area contributed by atoms with Crippen LogP contribution in [0.25, 0.3) is 5.52 Å². The summed E-state index contributed by atoms with van der Waals surface area (Å²) in [5.41, 5.74) is 6.27. The third kappa shape index (κ3) is 1.73. The largest absolute Gasteiger partial charge is 0.271 e. The van der Waals surface area contributed by atoms with Gasteiger partial charge in [-0.3, -0.25) is 5.84 Å². The van der Waals surface area contributed by atoms with Crippen LogP contribution in [0.2, 0.25) is 0 Å². The summed E-state index contributed by atoms with van der Waals surface area (Å²) in [6, 6.07) is 8.11. The van der Waals surface area contributed by atoms with E-state index in [4.69, 9.17) is 5.84 Å². The monoisotopic (exact) mass is 258 g/mol. The molecule has 0 radical (unpaired) electrons. The Balaban J connectivity index is 2.15. The second-order valence-electron chi connectivity index (χ2n) is 4.16. The number of aryl methyl sites for hydroxylation is 1. The fraction of sp³-hybridized carbons (Fsp3) is 0.154. The lowest BCUT2D eigenvalue weighted by Crippen LogP contribution is -2.28. The Labute approximate surface area is 109 Å². The number of nitrogens with two attached hydrogens (primary N) is 1. The Kier molecular flexibility index (Phi) is 2.87. The first kappa shape index (κ1) is 11.4. The Morgan fingerprint density at radius 2 is 2.22 bits per heavy atom. The van der Waals surface area contributed by atoms with E-state index < -0.39 is 0 Å². The van der Waals surface area contributed by atoms with Gasteiger partial charge < -0.3 is 0 Å². The van der Waals surface area contributed by atoms with E-state index in [2.05, 4.69) is 28.9 Å². The summed E-state index contributed by atoms with van der Waals surface area (Å²) in [6.07, 6.45) is 3.81. The van der Waals surface area contributed by atoms with Crippen LogP contribution in [-0.2, 0) is 0 Å². The van der Waals surface area contributed by atoms with Gasteiger partial charge in [0.2, 0.25) is 0 Å². The molecule has 0 aromatic carbocycles. The fourth-order valence-electron chi connectivity index (χ4n) is 2.22. The highest BCUT2D eigenvalue weighted by Crippen LogP contribution is 2.29. The number of hydrazine groups is 1. The quantitative estimate of drug-likeness (QED) is 0.559. The van der Waals surface area contributed by atoms with Crippen LogP contribution in [0.3, 0.4) is 0 Å². The average molecular weight is 258 g/mol. The van der Waals surface area contributed by atoms with Crippen molar-refractivity contribution in [1.29, 1.82) is 0 Å². The van der Waals surface area contributed by atoms with Gasteiger partial charge in [-0.2, -0.15) is 5.10 Å². The molecule has 3 N–H and O–H groups in total. The molecule has 0 bridgehead atoms. The van der Waals surface area contributed by atoms with Gasteiger partial charge in [0.1, 0.15) is 0 Å². The summed E-state index contributed by atoms with van der Waals surface area (Å²) in [5, 5.41) is 6.44. The minimum Gasteiger partial charge on any atom is -0.271 e. The molecule has 0 fully saturated rings. The van der Waals surface area contributed by atoms with Crippen molar-refractivity contribution in [3.63, 3.8) is 0 Å². The van der Waals surface area contributed by atoms with E-state index >= 15 is 0 Å². The third-order valence-corrected chi connectivity index (χ3v) is 4.01. The zero-order valence-electron chi connectivity index (χ0n) is 10.00. The molecule has 3 rings (SSSR count). The maximum absolute atomic E-state index is 5.73. The summed E-state index contributed by atoms with van der Waals surface area (Å²) in [6.45, 7) is 2.11. The molecule has 0 aliphatic carbocycles. The summed E-state index contributed by atoms with van der Waals surface area (Å²) >= 11 is 1.73. The summed E-state index contributed by atoms with van der Waals surface area (Å²) in [7, 11) is 0. The van der Waals surface area contributed by atoms with Crippen LogP contribution < -0.4 is 11.3 Å². The smallest absolute Gasteiger partial charge is 0.0757 e. The molecule has 18 heavy (non-hydrogen) atoms. The van der Waals surface area contributed by atoms with E-state index in [1.165, 1.54) is 10.4 Å². The van der Waals surface area contributed by atoms with Gasteiger partial charge >= 0.3 is 0 Å². The van der Waals surface area contributed by atoms with Crippen LogP contribution >= 0.6 is 11.3 Å². The molecule has 0 spiro atoms. The van der Waals surface area contributed by atoms with E-state index in [-0.39, 0.29) is 6.04 Å². The van der Waals surface area contributed by atoms with Crippen molar-refractivity contribution in [2.75, 3.05) is 0 Å². The van der Waals surface area contributed by atoms with Crippen molar-refractivity contribution in [2.45, 2.75) is 13.0 Å². The predicted molar refractivity (Wildman–Crippen MR) is 73.4 cm³/mol. The molecule has 1 atom stereocenters. The number of hydrogen-bond acceptors (Lipinski definition) is 4. The number of hydrogen-bond donors (Lipinski definition) is 2. The summed E-state index contributed by atoms with van der Waals surface area (Å²) in [4.78, 5) is 1.27. The lowest BCUT2D eigenvalue weighted by atomic mass is 10.0. The standard InChI is InChI=1S/C13H14N4S/c1-9-10(5-7-18-9)13(16-14)11-8-15-17-6-3-2-4-12(11)17/h2-8,13,16H,14H2,1H3. The van der Waals surface area contributed by atoms with Crippen LogP contribution in [0, 0.1) is 6.92 Å². The van der Waals surface area contributed by atoms with Crippen LogP contribution in [0.4, 0.5) is 0 Å². The summed E-state index contributed by atoms with van der Waals surface area (Å²) < 4.78 is 1.86. The highest BCUT2D eigenvalue weighted by molar-refractivity contribution is 7.10. The topological polar surface area (TPSA) is 55.3 Å². The van der Waals surface area contributed by atoms with Gasteiger partial charge in [-0.05, 0) is 36.1 Å². The number of nitrogens with one attached hydrogen (secondary N) is 1. The van der Waals surface area contributed by atoms with Crippen LogP contribution in [0.1, 0.15) is 22.0 Å². The number of nitrogens with zero attached hydrogens (tertiary/aromatic N) is 2. The Bertz CT molecular complexity index is 670. The lowest BCUT2D eigenvalue weighted by Gasteiger charge is -2.15. The van der Waals surface area contributed by atoms with Gasteiger partial charge in [0.15, 0.2) is 0 Å². The van der Waals surface area contributed by atoms with Crippen molar-refractivity contribution < 1.29 is 0 Å². The van der Waals surface area contributed by atoms with E-state index in [0.29, 0.717) is 0 Å². The number of rotatable bonds is 3. The molecule has 0 amide bonds. The molecule has 0 saturated carbocycles. The second-order valence-corrected chi connectivity index (χ2v) is 5.28. The minimum absolute atomic E-state index is 0.0175. The van der Waals surface area contributed by atoms with Gasteiger partial charge in [0.25, 0.3) is 0 Å². The molecule has 0 saturated heterocycles. The maximum Gasteiger partial charge on any atom is 0.0757 e. The average Bonchev–Trinajstić information content (AvgIpc) is 2.99. The van der Waals surface area contributed by atoms with Gasteiger partial charge in [-0.1, -0.05) is 6.07 Å². The molecule has 0 aliphatic heterocycles. The van der Waals surface area contributed by atoms with E-state index in [1.807, 2.05) is 35.1 Å². The molecule has 92 valence electrons.